The first-order valence-corrected chi connectivity index (χ1v) is 8.65. The molecule has 1 heterocycles. The molecule has 0 spiro atoms. The number of hydrogen-bond donors (Lipinski definition) is 1. The van der Waals surface area contributed by atoms with E-state index in [0.29, 0.717) is 12.3 Å². The van der Waals surface area contributed by atoms with E-state index in [0.717, 1.165) is 12.0 Å². The lowest BCUT2D eigenvalue weighted by Gasteiger charge is -2.24. The molecule has 1 aromatic carbocycles. The number of carbonyl (C=O) groups is 1. The standard InChI is InChI=1S/C15H22N2O2S/c1-11-6-4-7-13(10-11)14-16-12(2)15(18)17(14)8-5-9-20(3)19/h4,6-7,10,12,14,16H,5,8-9H2,1-3H3. The molecule has 0 aliphatic carbocycles. The van der Waals surface area contributed by atoms with Crippen molar-refractivity contribution in [1.82, 2.24) is 10.2 Å². The van der Waals surface area contributed by atoms with Crippen LogP contribution in [-0.4, -0.2) is 39.6 Å². The molecule has 1 fully saturated rings. The second kappa shape index (κ2) is 6.50. The summed E-state index contributed by atoms with van der Waals surface area (Å²) in [7, 11) is -0.803. The zero-order valence-electron chi connectivity index (χ0n) is 12.3. The Hall–Kier alpha value is -1.20. The molecule has 4 nitrogen and oxygen atoms in total. The van der Waals surface area contributed by atoms with Crippen molar-refractivity contribution in [2.24, 2.45) is 0 Å². The maximum Gasteiger partial charge on any atom is 0.241 e. The predicted octanol–water partition coefficient (Wildman–Crippen LogP) is 1.58. The third-order valence-electron chi connectivity index (χ3n) is 3.56. The molecule has 1 aliphatic heterocycles. The summed E-state index contributed by atoms with van der Waals surface area (Å²) in [5, 5.41) is 3.34. The Labute approximate surface area is 123 Å². The van der Waals surface area contributed by atoms with Gasteiger partial charge >= 0.3 is 0 Å². The van der Waals surface area contributed by atoms with E-state index in [4.69, 9.17) is 0 Å². The smallest absolute Gasteiger partial charge is 0.241 e. The van der Waals surface area contributed by atoms with E-state index in [2.05, 4.69) is 11.4 Å². The van der Waals surface area contributed by atoms with Crippen molar-refractivity contribution in [1.29, 1.82) is 0 Å². The van der Waals surface area contributed by atoms with Crippen molar-refractivity contribution in [2.75, 3.05) is 18.6 Å². The molecule has 110 valence electrons. The zero-order chi connectivity index (χ0) is 14.7. The van der Waals surface area contributed by atoms with Gasteiger partial charge in [0.15, 0.2) is 0 Å². The molecule has 1 amide bonds. The summed E-state index contributed by atoms with van der Waals surface area (Å²) < 4.78 is 11.2. The normalized spacial score (nSPS) is 24.1. The fraction of sp³-hybridized carbons (Fsp3) is 0.533. The summed E-state index contributed by atoms with van der Waals surface area (Å²) in [5.41, 5.74) is 2.30. The quantitative estimate of drug-likeness (QED) is 0.897. The van der Waals surface area contributed by atoms with Crippen LogP contribution >= 0.6 is 0 Å². The Morgan fingerprint density at radius 1 is 1.40 bits per heavy atom. The van der Waals surface area contributed by atoms with E-state index in [-0.39, 0.29) is 18.1 Å². The van der Waals surface area contributed by atoms with Crippen molar-refractivity contribution in [3.05, 3.63) is 35.4 Å². The fourth-order valence-corrected chi connectivity index (χ4v) is 3.10. The molecule has 0 aromatic heterocycles. The number of rotatable bonds is 5. The highest BCUT2D eigenvalue weighted by molar-refractivity contribution is 7.84. The van der Waals surface area contributed by atoms with Crippen LogP contribution in [-0.2, 0) is 15.6 Å². The predicted molar refractivity (Wildman–Crippen MR) is 81.8 cm³/mol. The fourth-order valence-electron chi connectivity index (χ4n) is 2.57. The number of carbonyl (C=O) groups excluding carboxylic acids is 1. The van der Waals surface area contributed by atoms with Crippen LogP contribution in [0.5, 0.6) is 0 Å². The first-order chi connectivity index (χ1) is 9.49. The Kier molecular flexibility index (Phi) is 4.94. The van der Waals surface area contributed by atoms with Crippen LogP contribution in [0.3, 0.4) is 0 Å². The molecular weight excluding hydrogens is 272 g/mol. The minimum Gasteiger partial charge on any atom is -0.322 e. The topological polar surface area (TPSA) is 49.4 Å². The van der Waals surface area contributed by atoms with Crippen LogP contribution in [0.1, 0.15) is 30.6 Å². The first kappa shape index (κ1) is 15.2. The van der Waals surface area contributed by atoms with Gasteiger partial charge in [0.2, 0.25) is 5.91 Å². The molecular formula is C15H22N2O2S. The molecule has 0 saturated carbocycles. The van der Waals surface area contributed by atoms with Crippen molar-refractivity contribution in [3.63, 3.8) is 0 Å². The van der Waals surface area contributed by atoms with Crippen molar-refractivity contribution < 1.29 is 9.00 Å². The highest BCUT2D eigenvalue weighted by Crippen LogP contribution is 2.26. The summed E-state index contributed by atoms with van der Waals surface area (Å²) in [5.74, 6) is 0.761. The van der Waals surface area contributed by atoms with E-state index < -0.39 is 10.8 Å². The van der Waals surface area contributed by atoms with Gasteiger partial charge in [0, 0.05) is 29.4 Å². The van der Waals surface area contributed by atoms with Crippen molar-refractivity contribution in [2.45, 2.75) is 32.5 Å². The van der Waals surface area contributed by atoms with Crippen molar-refractivity contribution >= 4 is 16.7 Å². The second-order valence-electron chi connectivity index (χ2n) is 5.37. The van der Waals surface area contributed by atoms with Gasteiger partial charge in [-0.2, -0.15) is 0 Å². The summed E-state index contributed by atoms with van der Waals surface area (Å²) in [4.78, 5) is 14.1. The molecule has 1 aromatic rings. The number of amides is 1. The largest absolute Gasteiger partial charge is 0.322 e. The van der Waals surface area contributed by atoms with Gasteiger partial charge in [-0.1, -0.05) is 29.8 Å². The monoisotopic (exact) mass is 294 g/mol. The lowest BCUT2D eigenvalue weighted by Crippen LogP contribution is -2.32. The third kappa shape index (κ3) is 3.46. The average Bonchev–Trinajstić information content (AvgIpc) is 2.66. The first-order valence-electron chi connectivity index (χ1n) is 6.92. The van der Waals surface area contributed by atoms with E-state index in [1.54, 1.807) is 6.26 Å². The maximum atomic E-state index is 12.2. The van der Waals surface area contributed by atoms with Crippen LogP contribution in [0.15, 0.2) is 24.3 Å². The molecule has 5 heteroatoms. The maximum absolute atomic E-state index is 12.2. The van der Waals surface area contributed by atoms with Gasteiger partial charge in [-0.25, -0.2) is 0 Å². The molecule has 3 unspecified atom stereocenters. The molecule has 1 saturated heterocycles. The summed E-state index contributed by atoms with van der Waals surface area (Å²) in [6.45, 7) is 4.59. The van der Waals surface area contributed by atoms with Crippen LogP contribution < -0.4 is 5.32 Å². The highest BCUT2D eigenvalue weighted by Gasteiger charge is 2.36. The number of nitrogens with one attached hydrogen (secondary N) is 1. The Morgan fingerprint density at radius 2 is 2.15 bits per heavy atom. The molecule has 3 atom stereocenters. The minimum atomic E-state index is -0.803. The molecule has 1 N–H and O–H groups in total. The summed E-state index contributed by atoms with van der Waals surface area (Å²) in [6, 6.07) is 8.05. The Bertz CT molecular complexity index is 518. The highest BCUT2D eigenvalue weighted by atomic mass is 32.2. The lowest BCUT2D eigenvalue weighted by molar-refractivity contribution is -0.129. The number of aryl methyl sites for hydroxylation is 1. The Balaban J connectivity index is 2.13. The lowest BCUT2D eigenvalue weighted by atomic mass is 10.1. The van der Waals surface area contributed by atoms with Gasteiger partial charge in [-0.15, -0.1) is 0 Å². The average molecular weight is 294 g/mol. The van der Waals surface area contributed by atoms with E-state index >= 15 is 0 Å². The third-order valence-corrected chi connectivity index (χ3v) is 4.43. The van der Waals surface area contributed by atoms with Gasteiger partial charge in [0.05, 0.1) is 6.04 Å². The molecule has 2 rings (SSSR count). The molecule has 20 heavy (non-hydrogen) atoms. The molecule has 1 aliphatic rings. The van der Waals surface area contributed by atoms with Crippen LogP contribution in [0.4, 0.5) is 0 Å². The van der Waals surface area contributed by atoms with Gasteiger partial charge in [0.1, 0.15) is 6.17 Å². The second-order valence-corrected chi connectivity index (χ2v) is 6.92. The van der Waals surface area contributed by atoms with E-state index in [1.165, 1.54) is 5.56 Å². The number of benzene rings is 1. The summed E-state index contributed by atoms with van der Waals surface area (Å²) in [6.07, 6.45) is 2.40. The van der Waals surface area contributed by atoms with E-state index in [1.807, 2.05) is 36.9 Å². The zero-order valence-corrected chi connectivity index (χ0v) is 13.1. The molecule has 0 bridgehead atoms. The van der Waals surface area contributed by atoms with Crippen LogP contribution in [0.2, 0.25) is 0 Å². The van der Waals surface area contributed by atoms with Gasteiger partial charge in [-0.3, -0.25) is 14.3 Å². The van der Waals surface area contributed by atoms with E-state index in [9.17, 15) is 9.00 Å². The minimum absolute atomic E-state index is 0.0670. The van der Waals surface area contributed by atoms with Crippen LogP contribution in [0, 0.1) is 6.92 Å². The molecule has 0 radical (unpaired) electrons. The van der Waals surface area contributed by atoms with Crippen LogP contribution in [0.25, 0.3) is 0 Å². The van der Waals surface area contributed by atoms with Gasteiger partial charge in [-0.05, 0) is 25.8 Å². The Morgan fingerprint density at radius 3 is 2.80 bits per heavy atom. The van der Waals surface area contributed by atoms with Gasteiger partial charge in [0.25, 0.3) is 0 Å². The van der Waals surface area contributed by atoms with Crippen molar-refractivity contribution in [3.8, 4) is 0 Å². The van der Waals surface area contributed by atoms with Gasteiger partial charge < -0.3 is 4.90 Å². The number of nitrogens with zero attached hydrogens (tertiary/aromatic N) is 1. The number of hydrogen-bond acceptors (Lipinski definition) is 3. The summed E-state index contributed by atoms with van der Waals surface area (Å²) >= 11 is 0. The SMILES string of the molecule is Cc1cccc(C2NC(C)C(=O)N2CCCS(C)=O)c1.